The van der Waals surface area contributed by atoms with Crippen LogP contribution in [0.25, 0.3) is 0 Å². The number of methoxy groups -OCH3 is 2. The Morgan fingerprint density at radius 1 is 0.914 bits per heavy atom. The van der Waals surface area contributed by atoms with Crippen molar-refractivity contribution in [1.82, 2.24) is 0 Å². The van der Waals surface area contributed by atoms with Crippen LogP contribution in [0, 0.1) is 22.7 Å². The zero-order chi connectivity index (χ0) is 26.7. The lowest BCUT2D eigenvalue weighted by atomic mass is 9.68. The Kier molecular flexibility index (Phi) is 8.41. The Bertz CT molecular complexity index is 1030. The lowest BCUT2D eigenvalue weighted by molar-refractivity contribution is -0.151. The SMILES string of the molecule is COC(=O)C1C(O)=C(C=NCC(C)N=CC2=C(O)C(C(=O)OC)C(C)(C)CC2=O)C(=O)CC1(C)C. The zero-order valence-electron chi connectivity index (χ0n) is 21.2. The van der Waals surface area contributed by atoms with Gasteiger partial charge in [0.15, 0.2) is 11.6 Å². The number of ether oxygens (including phenoxy) is 2. The summed E-state index contributed by atoms with van der Waals surface area (Å²) in [6, 6.07) is -0.458. The van der Waals surface area contributed by atoms with Crippen LogP contribution in [-0.2, 0) is 28.7 Å². The molecule has 10 nitrogen and oxygen atoms in total. The predicted molar refractivity (Wildman–Crippen MR) is 128 cm³/mol. The number of Topliss-reactive ketones (excluding diaryl/α,β-unsaturated/α-hetero) is 2. The molecule has 0 radical (unpaired) electrons. The average Bonchev–Trinajstić information content (AvgIpc) is 2.73. The molecule has 2 aliphatic rings. The molecule has 2 rings (SSSR count). The van der Waals surface area contributed by atoms with E-state index in [1.54, 1.807) is 34.6 Å². The summed E-state index contributed by atoms with van der Waals surface area (Å²) in [4.78, 5) is 57.8. The molecule has 3 atom stereocenters. The van der Waals surface area contributed by atoms with Gasteiger partial charge in [-0.25, -0.2) is 0 Å². The summed E-state index contributed by atoms with van der Waals surface area (Å²) in [6.07, 6.45) is 2.52. The van der Waals surface area contributed by atoms with E-state index in [9.17, 15) is 29.4 Å². The number of hydrogen-bond acceptors (Lipinski definition) is 10. The number of ketones is 2. The second-order valence-corrected chi connectivity index (χ2v) is 10.3. The number of carbonyl (C=O) groups is 4. The van der Waals surface area contributed by atoms with Gasteiger partial charge in [0.05, 0.1) is 38.0 Å². The highest BCUT2D eigenvalue weighted by Crippen LogP contribution is 2.42. The summed E-state index contributed by atoms with van der Waals surface area (Å²) in [5, 5.41) is 21.2. The van der Waals surface area contributed by atoms with Gasteiger partial charge < -0.3 is 19.7 Å². The maximum atomic E-state index is 12.5. The van der Waals surface area contributed by atoms with Gasteiger partial charge in [-0.3, -0.25) is 29.2 Å². The number of carbonyl (C=O) groups excluding carboxylic acids is 4. The first kappa shape index (κ1) is 27.9. The fourth-order valence-corrected chi connectivity index (χ4v) is 4.48. The summed E-state index contributed by atoms with van der Waals surface area (Å²) in [5.41, 5.74) is -1.72. The smallest absolute Gasteiger partial charge is 0.316 e. The second kappa shape index (κ2) is 10.5. The van der Waals surface area contributed by atoms with Gasteiger partial charge in [-0.05, 0) is 17.8 Å². The minimum Gasteiger partial charge on any atom is -0.511 e. The summed E-state index contributed by atoms with van der Waals surface area (Å²) in [7, 11) is 2.43. The van der Waals surface area contributed by atoms with Crippen LogP contribution in [0.4, 0.5) is 0 Å². The maximum absolute atomic E-state index is 12.5. The third-order valence-corrected chi connectivity index (χ3v) is 6.42. The molecule has 0 aromatic carbocycles. The number of nitrogens with zero attached hydrogens (tertiary/aromatic N) is 2. The fourth-order valence-electron chi connectivity index (χ4n) is 4.48. The van der Waals surface area contributed by atoms with Crippen LogP contribution >= 0.6 is 0 Å². The molecular weight excluding hydrogens is 456 g/mol. The lowest BCUT2D eigenvalue weighted by Gasteiger charge is -2.35. The molecule has 0 aromatic heterocycles. The number of hydrogen-bond donors (Lipinski definition) is 2. The summed E-state index contributed by atoms with van der Waals surface area (Å²) in [5.74, 6) is -4.68. The molecule has 0 saturated heterocycles. The topological polar surface area (TPSA) is 152 Å². The molecule has 35 heavy (non-hydrogen) atoms. The molecule has 0 fully saturated rings. The second-order valence-electron chi connectivity index (χ2n) is 10.3. The van der Waals surface area contributed by atoms with Gasteiger partial charge >= 0.3 is 11.9 Å². The van der Waals surface area contributed by atoms with Gasteiger partial charge in [-0.2, -0.15) is 0 Å². The van der Waals surface area contributed by atoms with Crippen molar-refractivity contribution in [3.05, 3.63) is 22.7 Å². The standard InChI is InChI=1S/C25H34N2O8/c1-13(27-12-15-17(29)9-25(4,5)19(21(15)31)23(33)35-7)10-26-11-14-16(28)8-24(2,3)18(20(14)30)22(32)34-6/h11-13,18-19,30-31H,8-10H2,1-7H3. The van der Waals surface area contributed by atoms with Crippen LogP contribution in [0.1, 0.15) is 47.5 Å². The summed E-state index contributed by atoms with van der Waals surface area (Å²) >= 11 is 0. The molecule has 10 heteroatoms. The van der Waals surface area contributed by atoms with Crippen LogP contribution < -0.4 is 0 Å². The molecule has 0 spiro atoms. The minimum atomic E-state index is -0.987. The van der Waals surface area contributed by atoms with Crippen molar-refractivity contribution in [3.8, 4) is 0 Å². The minimum absolute atomic E-state index is 0.0396. The van der Waals surface area contributed by atoms with E-state index in [4.69, 9.17) is 9.47 Å². The highest BCUT2D eigenvalue weighted by molar-refractivity contribution is 6.16. The molecule has 0 saturated carbocycles. The Hall–Kier alpha value is -3.30. The molecule has 2 aliphatic carbocycles. The first-order valence-electron chi connectivity index (χ1n) is 11.3. The Labute approximate surface area is 204 Å². The van der Waals surface area contributed by atoms with Crippen molar-refractivity contribution in [2.24, 2.45) is 32.7 Å². The van der Waals surface area contributed by atoms with E-state index in [1.807, 2.05) is 0 Å². The normalized spacial score (nSPS) is 25.3. The Morgan fingerprint density at radius 3 is 1.71 bits per heavy atom. The number of aliphatic imine (C=N–C) groups is 2. The van der Waals surface area contributed by atoms with Crippen LogP contribution in [0.5, 0.6) is 0 Å². The molecule has 0 aliphatic heterocycles. The van der Waals surface area contributed by atoms with E-state index in [-0.39, 0.29) is 53.6 Å². The van der Waals surface area contributed by atoms with Gasteiger partial charge in [-0.15, -0.1) is 0 Å². The van der Waals surface area contributed by atoms with Crippen LogP contribution in [0.15, 0.2) is 32.6 Å². The van der Waals surface area contributed by atoms with Gasteiger partial charge in [0, 0.05) is 25.3 Å². The van der Waals surface area contributed by atoms with Crippen molar-refractivity contribution < 1.29 is 38.9 Å². The molecule has 0 amide bonds. The van der Waals surface area contributed by atoms with Crippen molar-refractivity contribution in [1.29, 1.82) is 0 Å². The van der Waals surface area contributed by atoms with E-state index in [0.29, 0.717) is 0 Å². The molecule has 0 heterocycles. The largest absolute Gasteiger partial charge is 0.511 e. The van der Waals surface area contributed by atoms with E-state index >= 15 is 0 Å². The van der Waals surface area contributed by atoms with E-state index in [2.05, 4.69) is 9.98 Å². The van der Waals surface area contributed by atoms with Gasteiger partial charge in [-0.1, -0.05) is 27.7 Å². The van der Waals surface area contributed by atoms with Gasteiger partial charge in [0.2, 0.25) is 0 Å². The highest BCUT2D eigenvalue weighted by Gasteiger charge is 2.47. The third-order valence-electron chi connectivity index (χ3n) is 6.42. The number of aliphatic hydroxyl groups is 2. The van der Waals surface area contributed by atoms with Gasteiger partial charge in [0.25, 0.3) is 0 Å². The van der Waals surface area contributed by atoms with Crippen molar-refractivity contribution in [2.75, 3.05) is 20.8 Å². The maximum Gasteiger partial charge on any atom is 0.316 e. The Morgan fingerprint density at radius 2 is 1.31 bits per heavy atom. The van der Waals surface area contributed by atoms with Crippen LogP contribution in [0.3, 0.4) is 0 Å². The molecule has 2 N–H and O–H groups in total. The molecule has 3 unspecified atom stereocenters. The number of aliphatic hydroxyl groups excluding tert-OH is 2. The summed E-state index contributed by atoms with van der Waals surface area (Å²) in [6.45, 7) is 8.62. The first-order chi connectivity index (χ1) is 16.2. The van der Waals surface area contributed by atoms with Gasteiger partial charge in [0.1, 0.15) is 23.4 Å². The molecule has 192 valence electrons. The molecule has 0 aromatic rings. The average molecular weight is 491 g/mol. The van der Waals surface area contributed by atoms with Crippen LogP contribution in [-0.4, -0.2) is 73.0 Å². The van der Waals surface area contributed by atoms with E-state index in [0.717, 1.165) is 0 Å². The first-order valence-corrected chi connectivity index (χ1v) is 11.3. The summed E-state index contributed by atoms with van der Waals surface area (Å²) < 4.78 is 9.57. The fraction of sp³-hybridized carbons (Fsp3) is 0.600. The number of rotatable bonds is 7. The lowest BCUT2D eigenvalue weighted by Crippen LogP contribution is -2.40. The third kappa shape index (κ3) is 5.86. The number of allylic oxidation sites excluding steroid dienone is 2. The zero-order valence-corrected chi connectivity index (χ0v) is 21.2. The molecule has 0 bridgehead atoms. The highest BCUT2D eigenvalue weighted by atomic mass is 16.5. The van der Waals surface area contributed by atoms with Crippen molar-refractivity contribution in [3.63, 3.8) is 0 Å². The van der Waals surface area contributed by atoms with Crippen molar-refractivity contribution >= 4 is 35.9 Å². The van der Waals surface area contributed by atoms with Crippen LogP contribution in [0.2, 0.25) is 0 Å². The quantitative estimate of drug-likeness (QED) is 0.408. The number of esters is 2. The monoisotopic (exact) mass is 490 g/mol. The predicted octanol–water partition coefficient (Wildman–Crippen LogP) is 2.72. The van der Waals surface area contributed by atoms with E-state index in [1.165, 1.54) is 26.6 Å². The Balaban J connectivity index is 2.21. The van der Waals surface area contributed by atoms with E-state index < -0.39 is 40.6 Å². The van der Waals surface area contributed by atoms with Crippen molar-refractivity contribution in [2.45, 2.75) is 53.5 Å². The molecular formula is C25H34N2O8.